The average Bonchev–Trinajstić information content (AvgIpc) is 1.97. The molecule has 3 heteroatoms. The number of rotatable bonds is 5. The van der Waals surface area contributed by atoms with Crippen molar-refractivity contribution in [1.82, 2.24) is 5.32 Å². The van der Waals surface area contributed by atoms with E-state index < -0.39 is 5.97 Å². The smallest absolute Gasteiger partial charge is 0.303 e. The van der Waals surface area contributed by atoms with Crippen molar-refractivity contribution >= 4 is 5.97 Å². The highest BCUT2D eigenvalue weighted by molar-refractivity contribution is 5.66. The zero-order valence-corrected chi connectivity index (χ0v) is 6.63. The Morgan fingerprint density at radius 1 is 1.82 bits per heavy atom. The minimum absolute atomic E-state index is 0.0313. The van der Waals surface area contributed by atoms with Crippen molar-refractivity contribution < 1.29 is 9.90 Å². The first-order valence-corrected chi connectivity index (χ1v) is 3.58. The van der Waals surface area contributed by atoms with Gasteiger partial charge in [0.2, 0.25) is 0 Å². The first kappa shape index (κ1) is 9.99. The Kier molecular flexibility index (Phi) is 5.22. The highest BCUT2D eigenvalue weighted by Gasteiger charge is 1.97. The molecule has 2 N–H and O–H groups in total. The van der Waals surface area contributed by atoms with E-state index in [2.05, 4.69) is 11.2 Å². The maximum Gasteiger partial charge on any atom is 0.303 e. The third-order valence-corrected chi connectivity index (χ3v) is 1.27. The molecule has 0 saturated heterocycles. The summed E-state index contributed by atoms with van der Waals surface area (Å²) in [6.45, 7) is 2.53. The quantitative estimate of drug-likeness (QED) is 0.448. The van der Waals surface area contributed by atoms with Gasteiger partial charge in [0.05, 0.1) is 6.04 Å². The number of terminal acetylenes is 1. The number of hydrogen-bond donors (Lipinski definition) is 2. The van der Waals surface area contributed by atoms with Crippen LogP contribution in [0.4, 0.5) is 0 Å². The molecular formula is C8H13NO2. The van der Waals surface area contributed by atoms with Crippen LogP contribution in [0.2, 0.25) is 0 Å². The van der Waals surface area contributed by atoms with E-state index in [1.165, 1.54) is 0 Å². The van der Waals surface area contributed by atoms with E-state index in [-0.39, 0.29) is 12.5 Å². The van der Waals surface area contributed by atoms with Crippen molar-refractivity contribution in [2.45, 2.75) is 25.8 Å². The zero-order valence-electron chi connectivity index (χ0n) is 6.63. The van der Waals surface area contributed by atoms with E-state index >= 15 is 0 Å². The summed E-state index contributed by atoms with van der Waals surface area (Å²) >= 11 is 0. The second-order valence-corrected chi connectivity index (χ2v) is 2.34. The lowest BCUT2D eigenvalue weighted by atomic mass is 10.3. The highest BCUT2D eigenvalue weighted by atomic mass is 16.4. The molecule has 0 amide bonds. The fourth-order valence-electron chi connectivity index (χ4n) is 0.617. The Morgan fingerprint density at radius 2 is 2.45 bits per heavy atom. The van der Waals surface area contributed by atoms with Gasteiger partial charge in [-0.1, -0.05) is 5.92 Å². The predicted molar refractivity (Wildman–Crippen MR) is 43.2 cm³/mol. The Balaban J connectivity index is 3.16. The van der Waals surface area contributed by atoms with Crippen LogP contribution >= 0.6 is 0 Å². The Hall–Kier alpha value is -1.01. The number of carboxylic acid groups (broad SMARTS) is 1. The van der Waals surface area contributed by atoms with Crippen molar-refractivity contribution in [2.75, 3.05) is 6.54 Å². The lowest BCUT2D eigenvalue weighted by Gasteiger charge is -2.04. The molecule has 0 aliphatic carbocycles. The molecule has 1 unspecified atom stereocenters. The largest absolute Gasteiger partial charge is 0.481 e. The number of nitrogens with one attached hydrogen (secondary N) is 1. The molecule has 0 heterocycles. The number of carboxylic acids is 1. The van der Waals surface area contributed by atoms with Crippen LogP contribution < -0.4 is 5.32 Å². The summed E-state index contributed by atoms with van der Waals surface area (Å²) in [6.07, 6.45) is 5.91. The van der Waals surface area contributed by atoms with Gasteiger partial charge in [0.25, 0.3) is 0 Å². The monoisotopic (exact) mass is 155 g/mol. The van der Waals surface area contributed by atoms with Crippen LogP contribution in [0.5, 0.6) is 0 Å². The molecule has 0 spiro atoms. The minimum Gasteiger partial charge on any atom is -0.481 e. The second kappa shape index (κ2) is 5.75. The van der Waals surface area contributed by atoms with Gasteiger partial charge in [0.15, 0.2) is 0 Å². The molecule has 3 nitrogen and oxygen atoms in total. The van der Waals surface area contributed by atoms with Crippen LogP contribution in [0.15, 0.2) is 0 Å². The van der Waals surface area contributed by atoms with Crippen molar-refractivity contribution in [3.05, 3.63) is 0 Å². The SMILES string of the molecule is C#CC(C)NCCCC(=O)O. The van der Waals surface area contributed by atoms with E-state index in [4.69, 9.17) is 11.5 Å². The summed E-state index contributed by atoms with van der Waals surface area (Å²) in [7, 11) is 0. The lowest BCUT2D eigenvalue weighted by Crippen LogP contribution is -2.25. The van der Waals surface area contributed by atoms with Crippen LogP contribution in [-0.4, -0.2) is 23.7 Å². The summed E-state index contributed by atoms with van der Waals surface area (Å²) < 4.78 is 0. The third kappa shape index (κ3) is 6.88. The molecule has 0 aromatic heterocycles. The zero-order chi connectivity index (χ0) is 8.69. The first-order chi connectivity index (χ1) is 5.16. The van der Waals surface area contributed by atoms with Crippen molar-refractivity contribution in [3.8, 4) is 12.3 Å². The molecule has 62 valence electrons. The van der Waals surface area contributed by atoms with E-state index in [0.29, 0.717) is 13.0 Å². The number of carbonyl (C=O) groups is 1. The average molecular weight is 155 g/mol. The molecular weight excluding hydrogens is 142 g/mol. The summed E-state index contributed by atoms with van der Waals surface area (Å²) in [4.78, 5) is 10.0. The minimum atomic E-state index is -0.764. The molecule has 0 bridgehead atoms. The van der Waals surface area contributed by atoms with Gasteiger partial charge in [-0.2, -0.15) is 0 Å². The highest BCUT2D eigenvalue weighted by Crippen LogP contribution is 1.87. The summed E-state index contributed by atoms with van der Waals surface area (Å²) in [5.74, 6) is 1.73. The van der Waals surface area contributed by atoms with Crippen molar-refractivity contribution in [3.63, 3.8) is 0 Å². The van der Waals surface area contributed by atoms with Crippen LogP contribution in [0.3, 0.4) is 0 Å². The van der Waals surface area contributed by atoms with Gasteiger partial charge in [0, 0.05) is 6.42 Å². The van der Waals surface area contributed by atoms with Gasteiger partial charge in [-0.25, -0.2) is 0 Å². The summed E-state index contributed by atoms with van der Waals surface area (Å²) in [5.41, 5.74) is 0. The predicted octanol–water partition coefficient (Wildman–Crippen LogP) is 0.463. The normalized spacial score (nSPS) is 12.0. The third-order valence-electron chi connectivity index (χ3n) is 1.27. The fourth-order valence-corrected chi connectivity index (χ4v) is 0.617. The van der Waals surface area contributed by atoms with Crippen LogP contribution in [0.25, 0.3) is 0 Å². The van der Waals surface area contributed by atoms with Gasteiger partial charge < -0.3 is 10.4 Å². The molecule has 0 aliphatic heterocycles. The van der Waals surface area contributed by atoms with Gasteiger partial charge in [-0.3, -0.25) is 4.79 Å². The molecule has 0 rings (SSSR count). The van der Waals surface area contributed by atoms with Crippen LogP contribution in [0, 0.1) is 12.3 Å². The van der Waals surface area contributed by atoms with E-state index in [1.54, 1.807) is 0 Å². The maximum atomic E-state index is 10.0. The Bertz CT molecular complexity index is 160. The molecule has 11 heavy (non-hydrogen) atoms. The maximum absolute atomic E-state index is 10.0. The standard InChI is InChI=1S/C8H13NO2/c1-3-7(2)9-6-4-5-8(10)11/h1,7,9H,4-6H2,2H3,(H,10,11). The van der Waals surface area contributed by atoms with Crippen molar-refractivity contribution in [1.29, 1.82) is 0 Å². The molecule has 0 aromatic rings. The second-order valence-electron chi connectivity index (χ2n) is 2.34. The Labute approximate surface area is 66.8 Å². The topological polar surface area (TPSA) is 49.3 Å². The van der Waals surface area contributed by atoms with Gasteiger partial charge in [-0.05, 0) is 19.9 Å². The summed E-state index contributed by atoms with van der Waals surface area (Å²) in [6, 6.07) is 0.0313. The number of hydrogen-bond acceptors (Lipinski definition) is 2. The van der Waals surface area contributed by atoms with Gasteiger partial charge in [-0.15, -0.1) is 6.42 Å². The molecule has 0 aliphatic rings. The van der Waals surface area contributed by atoms with Crippen molar-refractivity contribution in [2.24, 2.45) is 0 Å². The van der Waals surface area contributed by atoms with Gasteiger partial charge >= 0.3 is 5.97 Å². The fraction of sp³-hybridized carbons (Fsp3) is 0.625. The molecule has 0 fully saturated rings. The lowest BCUT2D eigenvalue weighted by molar-refractivity contribution is -0.137. The number of aliphatic carboxylic acids is 1. The first-order valence-electron chi connectivity index (χ1n) is 3.58. The molecule has 0 aromatic carbocycles. The Morgan fingerprint density at radius 3 is 2.91 bits per heavy atom. The van der Waals surface area contributed by atoms with Crippen LogP contribution in [0.1, 0.15) is 19.8 Å². The van der Waals surface area contributed by atoms with Crippen LogP contribution in [-0.2, 0) is 4.79 Å². The molecule has 0 radical (unpaired) electrons. The van der Waals surface area contributed by atoms with E-state index in [1.807, 2.05) is 6.92 Å². The van der Waals surface area contributed by atoms with E-state index in [0.717, 1.165) is 0 Å². The van der Waals surface area contributed by atoms with Gasteiger partial charge in [0.1, 0.15) is 0 Å². The van der Waals surface area contributed by atoms with E-state index in [9.17, 15) is 4.79 Å². The molecule has 1 atom stereocenters. The summed E-state index contributed by atoms with van der Waals surface area (Å²) in [5, 5.41) is 11.3. The molecule has 0 saturated carbocycles.